The summed E-state index contributed by atoms with van der Waals surface area (Å²) in [7, 11) is 0. The standard InChI is InChI=1S/C13H20N4O3/c1-5-19-17-10(7-14)12(18)15-8-9-6-11(20-16-9)13(2,3)4/h11H,5-6,8H2,1-4H3,(H,15,18)/b17-10+. The molecule has 1 unspecified atom stereocenters. The zero-order valence-corrected chi connectivity index (χ0v) is 12.3. The maximum Gasteiger partial charge on any atom is 0.284 e. The van der Waals surface area contributed by atoms with Crippen LogP contribution in [0, 0.1) is 16.7 Å². The molecule has 0 saturated heterocycles. The summed E-state index contributed by atoms with van der Waals surface area (Å²) < 4.78 is 0. The maximum atomic E-state index is 11.7. The van der Waals surface area contributed by atoms with Gasteiger partial charge in [-0.3, -0.25) is 4.79 Å². The molecule has 1 N–H and O–H groups in total. The lowest BCUT2D eigenvalue weighted by molar-refractivity contribution is -0.114. The van der Waals surface area contributed by atoms with Crippen molar-refractivity contribution in [3.8, 4) is 6.07 Å². The summed E-state index contributed by atoms with van der Waals surface area (Å²) in [4.78, 5) is 21.7. The van der Waals surface area contributed by atoms with Gasteiger partial charge >= 0.3 is 0 Å². The monoisotopic (exact) mass is 280 g/mol. The molecular formula is C13H20N4O3. The molecule has 1 rings (SSSR count). The fourth-order valence-electron chi connectivity index (χ4n) is 1.50. The third kappa shape index (κ3) is 4.53. The van der Waals surface area contributed by atoms with E-state index < -0.39 is 5.91 Å². The van der Waals surface area contributed by atoms with Crippen LogP contribution in [0.15, 0.2) is 10.3 Å². The highest BCUT2D eigenvalue weighted by Gasteiger charge is 2.32. The van der Waals surface area contributed by atoms with Crippen LogP contribution in [0.4, 0.5) is 0 Å². The number of oxime groups is 2. The Morgan fingerprint density at radius 1 is 1.65 bits per heavy atom. The van der Waals surface area contributed by atoms with Crippen molar-refractivity contribution in [2.45, 2.75) is 40.2 Å². The molecule has 0 saturated carbocycles. The lowest BCUT2D eigenvalue weighted by Gasteiger charge is -2.23. The minimum absolute atomic E-state index is 0.00179. The van der Waals surface area contributed by atoms with Gasteiger partial charge in [-0.2, -0.15) is 5.26 Å². The summed E-state index contributed by atoms with van der Waals surface area (Å²) in [6, 6.07) is 1.69. The number of hydrogen-bond acceptors (Lipinski definition) is 6. The van der Waals surface area contributed by atoms with Gasteiger partial charge in [0.15, 0.2) is 0 Å². The van der Waals surface area contributed by atoms with E-state index in [0.29, 0.717) is 13.0 Å². The second-order valence-corrected chi connectivity index (χ2v) is 5.47. The van der Waals surface area contributed by atoms with Gasteiger partial charge in [0.05, 0.1) is 12.3 Å². The Kier molecular flexibility index (Phi) is 5.50. The first-order chi connectivity index (χ1) is 9.38. The Bertz CT molecular complexity index is 457. The normalized spacial score (nSPS) is 18.9. The Morgan fingerprint density at radius 2 is 2.35 bits per heavy atom. The first kappa shape index (κ1) is 16.0. The topological polar surface area (TPSA) is 96.1 Å². The Hall–Kier alpha value is -2.10. The molecule has 1 amide bonds. The van der Waals surface area contributed by atoms with Crippen molar-refractivity contribution >= 4 is 17.3 Å². The van der Waals surface area contributed by atoms with Crippen molar-refractivity contribution < 1.29 is 14.5 Å². The predicted octanol–water partition coefficient (Wildman–Crippen LogP) is 1.21. The zero-order chi connectivity index (χ0) is 15.2. The predicted molar refractivity (Wildman–Crippen MR) is 74.1 cm³/mol. The second-order valence-electron chi connectivity index (χ2n) is 5.47. The van der Waals surface area contributed by atoms with E-state index >= 15 is 0 Å². The van der Waals surface area contributed by atoms with Gasteiger partial charge in [-0.05, 0) is 6.92 Å². The van der Waals surface area contributed by atoms with E-state index in [1.807, 2.05) is 0 Å². The third-order valence-corrected chi connectivity index (χ3v) is 2.75. The van der Waals surface area contributed by atoms with Crippen LogP contribution < -0.4 is 5.32 Å². The third-order valence-electron chi connectivity index (χ3n) is 2.75. The van der Waals surface area contributed by atoms with E-state index in [9.17, 15) is 4.79 Å². The molecule has 1 aliphatic heterocycles. The van der Waals surface area contributed by atoms with Gasteiger partial charge in [0, 0.05) is 11.8 Å². The molecule has 1 heterocycles. The quantitative estimate of drug-likeness (QED) is 0.604. The molecule has 1 aliphatic rings. The molecular weight excluding hydrogens is 260 g/mol. The van der Waals surface area contributed by atoms with Crippen molar-refractivity contribution in [2.24, 2.45) is 15.7 Å². The van der Waals surface area contributed by atoms with Crippen molar-refractivity contribution in [1.29, 1.82) is 5.26 Å². The Labute approximate surface area is 118 Å². The fourth-order valence-corrected chi connectivity index (χ4v) is 1.50. The molecule has 1 atom stereocenters. The lowest BCUT2D eigenvalue weighted by Crippen LogP contribution is -2.35. The van der Waals surface area contributed by atoms with Gasteiger partial charge in [-0.15, -0.1) is 0 Å². The van der Waals surface area contributed by atoms with Crippen LogP contribution in [-0.4, -0.2) is 36.6 Å². The van der Waals surface area contributed by atoms with E-state index in [0.717, 1.165) is 5.71 Å². The van der Waals surface area contributed by atoms with Crippen molar-refractivity contribution in [1.82, 2.24) is 5.32 Å². The van der Waals surface area contributed by atoms with Crippen LogP contribution in [0.25, 0.3) is 0 Å². The largest absolute Gasteiger partial charge is 0.395 e. The number of nitriles is 1. The van der Waals surface area contributed by atoms with Crippen LogP contribution in [0.5, 0.6) is 0 Å². The average molecular weight is 280 g/mol. The summed E-state index contributed by atoms with van der Waals surface area (Å²) in [5, 5.41) is 18.7. The first-order valence-corrected chi connectivity index (χ1v) is 6.48. The molecule has 0 bridgehead atoms. The molecule has 7 nitrogen and oxygen atoms in total. The van der Waals surface area contributed by atoms with Gasteiger partial charge in [0.25, 0.3) is 5.91 Å². The minimum Gasteiger partial charge on any atom is -0.395 e. The van der Waals surface area contributed by atoms with E-state index in [1.165, 1.54) is 0 Å². The van der Waals surface area contributed by atoms with E-state index in [1.54, 1.807) is 13.0 Å². The SMILES string of the molecule is CCO/N=C(\C#N)C(=O)NCC1=NOC(C(C)(C)C)C1. The lowest BCUT2D eigenvalue weighted by atomic mass is 9.86. The summed E-state index contributed by atoms with van der Waals surface area (Å²) in [6.07, 6.45) is 0.663. The number of rotatable bonds is 5. The van der Waals surface area contributed by atoms with E-state index in [2.05, 4.69) is 36.4 Å². The Morgan fingerprint density at radius 3 is 2.85 bits per heavy atom. The van der Waals surface area contributed by atoms with Crippen LogP contribution in [-0.2, 0) is 14.5 Å². The van der Waals surface area contributed by atoms with Gasteiger partial charge in [-0.25, -0.2) is 0 Å². The second kappa shape index (κ2) is 6.89. The highest BCUT2D eigenvalue weighted by atomic mass is 16.6. The van der Waals surface area contributed by atoms with Crippen molar-refractivity contribution in [2.75, 3.05) is 13.2 Å². The molecule has 20 heavy (non-hydrogen) atoms. The summed E-state index contributed by atoms with van der Waals surface area (Å²) in [5.74, 6) is -0.581. The molecule has 110 valence electrons. The van der Waals surface area contributed by atoms with Crippen molar-refractivity contribution in [3.63, 3.8) is 0 Å². The number of carbonyl (C=O) groups excluding carboxylic acids is 1. The molecule has 0 spiro atoms. The van der Waals surface area contributed by atoms with Gasteiger partial charge < -0.3 is 15.0 Å². The van der Waals surface area contributed by atoms with E-state index in [-0.39, 0.29) is 23.8 Å². The van der Waals surface area contributed by atoms with Gasteiger partial charge in [-0.1, -0.05) is 31.1 Å². The number of nitrogens with one attached hydrogen (secondary N) is 1. The minimum atomic E-state index is -0.581. The van der Waals surface area contributed by atoms with Gasteiger partial charge in [0.2, 0.25) is 5.71 Å². The fraction of sp³-hybridized carbons (Fsp3) is 0.692. The summed E-state index contributed by atoms with van der Waals surface area (Å²) in [5.41, 5.74) is 0.425. The summed E-state index contributed by atoms with van der Waals surface area (Å²) in [6.45, 7) is 8.45. The molecule has 0 aliphatic carbocycles. The highest BCUT2D eigenvalue weighted by molar-refractivity contribution is 6.45. The zero-order valence-electron chi connectivity index (χ0n) is 12.3. The number of hydrogen-bond donors (Lipinski definition) is 1. The van der Waals surface area contributed by atoms with Crippen LogP contribution in [0.2, 0.25) is 0 Å². The number of carbonyl (C=O) groups is 1. The number of nitrogens with zero attached hydrogens (tertiary/aromatic N) is 3. The van der Waals surface area contributed by atoms with E-state index in [4.69, 9.17) is 14.9 Å². The van der Waals surface area contributed by atoms with Gasteiger partial charge in [0.1, 0.15) is 18.8 Å². The molecule has 0 fully saturated rings. The highest BCUT2D eigenvalue weighted by Crippen LogP contribution is 2.28. The molecule has 0 aromatic carbocycles. The number of amides is 1. The molecule has 0 aromatic rings. The van der Waals surface area contributed by atoms with Crippen LogP contribution in [0.1, 0.15) is 34.1 Å². The maximum absolute atomic E-state index is 11.7. The average Bonchev–Trinajstić information content (AvgIpc) is 2.86. The Balaban J connectivity index is 2.45. The smallest absolute Gasteiger partial charge is 0.284 e. The van der Waals surface area contributed by atoms with Crippen LogP contribution in [0.3, 0.4) is 0 Å². The van der Waals surface area contributed by atoms with Crippen molar-refractivity contribution in [3.05, 3.63) is 0 Å². The molecule has 7 heteroatoms. The summed E-state index contributed by atoms with van der Waals surface area (Å²) >= 11 is 0. The molecule has 0 radical (unpaired) electrons. The molecule has 0 aromatic heterocycles. The first-order valence-electron chi connectivity index (χ1n) is 6.48. The van der Waals surface area contributed by atoms with Crippen LogP contribution >= 0.6 is 0 Å².